The molecule has 1 rings (SSSR count). The van der Waals surface area contributed by atoms with Crippen LogP contribution in [0.1, 0.15) is 6.42 Å². The SMILES string of the molecule is Nc1cc(=O)n(CCCO)c(=O)n1CC(F)(F)F. The molecule has 1 aromatic heterocycles. The molecule has 0 saturated heterocycles. The van der Waals surface area contributed by atoms with Crippen LogP contribution in [0.4, 0.5) is 19.0 Å². The van der Waals surface area contributed by atoms with Gasteiger partial charge in [0.1, 0.15) is 12.4 Å². The van der Waals surface area contributed by atoms with E-state index in [1.54, 1.807) is 0 Å². The standard InChI is InChI=1S/C9H12F3N3O3/c10-9(11,12)5-15-6(13)4-7(17)14(8(15)18)2-1-3-16/h4,16H,1-3,5,13H2. The number of nitrogens with zero attached hydrogens (tertiary/aromatic N) is 2. The van der Waals surface area contributed by atoms with Crippen LogP contribution in [0.2, 0.25) is 0 Å². The summed E-state index contributed by atoms with van der Waals surface area (Å²) in [5.74, 6) is -0.539. The van der Waals surface area contributed by atoms with E-state index in [4.69, 9.17) is 10.8 Å². The van der Waals surface area contributed by atoms with Crippen molar-refractivity contribution >= 4 is 5.82 Å². The number of hydrogen-bond acceptors (Lipinski definition) is 4. The number of aliphatic hydroxyl groups is 1. The van der Waals surface area contributed by atoms with E-state index < -0.39 is 29.8 Å². The number of nitrogens with two attached hydrogens (primary N) is 1. The first-order chi connectivity index (χ1) is 8.26. The van der Waals surface area contributed by atoms with Crippen molar-refractivity contribution in [1.29, 1.82) is 0 Å². The van der Waals surface area contributed by atoms with Gasteiger partial charge in [-0.15, -0.1) is 0 Å². The van der Waals surface area contributed by atoms with Crippen LogP contribution in [0, 0.1) is 0 Å². The van der Waals surface area contributed by atoms with Gasteiger partial charge in [0.15, 0.2) is 0 Å². The Balaban J connectivity index is 3.27. The van der Waals surface area contributed by atoms with Crippen molar-refractivity contribution in [3.63, 3.8) is 0 Å². The van der Waals surface area contributed by atoms with E-state index in [1.807, 2.05) is 0 Å². The van der Waals surface area contributed by atoms with Gasteiger partial charge in [-0.25, -0.2) is 4.79 Å². The lowest BCUT2D eigenvalue weighted by molar-refractivity contribution is -0.141. The van der Waals surface area contributed by atoms with Gasteiger partial charge in [0.05, 0.1) is 0 Å². The second-order valence-electron chi connectivity index (χ2n) is 3.62. The molecule has 0 saturated carbocycles. The number of aliphatic hydroxyl groups excluding tert-OH is 1. The van der Waals surface area contributed by atoms with Gasteiger partial charge >= 0.3 is 11.9 Å². The molecule has 0 bridgehead atoms. The van der Waals surface area contributed by atoms with Gasteiger partial charge in [-0.3, -0.25) is 13.9 Å². The Bertz CT molecular complexity index is 533. The van der Waals surface area contributed by atoms with Crippen LogP contribution in [0.3, 0.4) is 0 Å². The largest absolute Gasteiger partial charge is 0.406 e. The molecule has 18 heavy (non-hydrogen) atoms. The molecule has 0 amide bonds. The number of anilines is 1. The van der Waals surface area contributed by atoms with Crippen molar-refractivity contribution in [2.75, 3.05) is 12.3 Å². The zero-order valence-corrected chi connectivity index (χ0v) is 9.28. The van der Waals surface area contributed by atoms with Gasteiger partial charge in [0.2, 0.25) is 0 Å². The second-order valence-corrected chi connectivity index (χ2v) is 3.62. The maximum atomic E-state index is 12.2. The number of nitrogen functional groups attached to an aromatic ring is 1. The summed E-state index contributed by atoms with van der Waals surface area (Å²) in [6.45, 7) is -2.00. The summed E-state index contributed by atoms with van der Waals surface area (Å²) >= 11 is 0. The first kappa shape index (κ1) is 14.3. The van der Waals surface area contributed by atoms with Crippen molar-refractivity contribution in [2.24, 2.45) is 0 Å². The highest BCUT2D eigenvalue weighted by atomic mass is 19.4. The highest BCUT2D eigenvalue weighted by Gasteiger charge is 2.30. The fraction of sp³-hybridized carbons (Fsp3) is 0.556. The molecule has 9 heteroatoms. The molecule has 102 valence electrons. The summed E-state index contributed by atoms with van der Waals surface area (Å²) in [6.07, 6.45) is -4.53. The first-order valence-electron chi connectivity index (χ1n) is 5.04. The Hall–Kier alpha value is -1.77. The summed E-state index contributed by atoms with van der Waals surface area (Å²) < 4.78 is 37.6. The summed E-state index contributed by atoms with van der Waals surface area (Å²) in [5.41, 5.74) is 3.31. The predicted octanol–water partition coefficient (Wildman–Crippen LogP) is -0.463. The third kappa shape index (κ3) is 3.36. The minimum Gasteiger partial charge on any atom is -0.396 e. The maximum absolute atomic E-state index is 12.2. The Kier molecular flexibility index (Phi) is 4.17. The lowest BCUT2D eigenvalue weighted by Crippen LogP contribution is -2.42. The van der Waals surface area contributed by atoms with Crippen molar-refractivity contribution in [1.82, 2.24) is 9.13 Å². The normalized spacial score (nSPS) is 11.8. The zero-order chi connectivity index (χ0) is 13.9. The number of halogens is 3. The van der Waals surface area contributed by atoms with E-state index >= 15 is 0 Å². The van der Waals surface area contributed by atoms with Crippen molar-refractivity contribution in [3.05, 3.63) is 26.9 Å². The molecule has 0 unspecified atom stereocenters. The zero-order valence-electron chi connectivity index (χ0n) is 9.28. The molecule has 0 aliphatic carbocycles. The Labute approximate surface area is 99.1 Å². The van der Waals surface area contributed by atoms with Crippen LogP contribution in [-0.4, -0.2) is 27.0 Å². The molecule has 0 aliphatic heterocycles. The van der Waals surface area contributed by atoms with E-state index in [1.165, 1.54) is 0 Å². The first-order valence-corrected chi connectivity index (χ1v) is 5.04. The van der Waals surface area contributed by atoms with Crippen molar-refractivity contribution in [3.8, 4) is 0 Å². The van der Waals surface area contributed by atoms with E-state index in [0.717, 1.165) is 6.07 Å². The van der Waals surface area contributed by atoms with Crippen LogP contribution >= 0.6 is 0 Å². The highest BCUT2D eigenvalue weighted by Crippen LogP contribution is 2.17. The molecule has 0 aromatic carbocycles. The summed E-state index contributed by atoms with van der Waals surface area (Å²) in [7, 11) is 0. The summed E-state index contributed by atoms with van der Waals surface area (Å²) in [4.78, 5) is 23.0. The quantitative estimate of drug-likeness (QED) is 0.772. The van der Waals surface area contributed by atoms with E-state index in [9.17, 15) is 22.8 Å². The third-order valence-electron chi connectivity index (χ3n) is 2.19. The van der Waals surface area contributed by atoms with Gasteiger partial charge in [0, 0.05) is 19.2 Å². The van der Waals surface area contributed by atoms with Crippen LogP contribution in [0.25, 0.3) is 0 Å². The molecular weight excluding hydrogens is 255 g/mol. The van der Waals surface area contributed by atoms with Crippen molar-refractivity contribution in [2.45, 2.75) is 25.7 Å². The molecular formula is C9H12F3N3O3. The summed E-state index contributed by atoms with van der Waals surface area (Å²) in [6, 6.07) is 0.754. The lowest BCUT2D eigenvalue weighted by atomic mass is 10.4. The van der Waals surface area contributed by atoms with Crippen LogP contribution in [0.15, 0.2) is 15.7 Å². The van der Waals surface area contributed by atoms with Crippen LogP contribution in [0.5, 0.6) is 0 Å². The molecule has 1 aromatic rings. The predicted molar refractivity (Wildman–Crippen MR) is 57.1 cm³/mol. The molecule has 0 radical (unpaired) electrons. The molecule has 0 aliphatic rings. The molecule has 6 nitrogen and oxygen atoms in total. The monoisotopic (exact) mass is 267 g/mol. The van der Waals surface area contributed by atoms with E-state index in [-0.39, 0.29) is 24.1 Å². The molecule has 0 spiro atoms. The summed E-state index contributed by atoms with van der Waals surface area (Å²) in [5, 5.41) is 8.59. The maximum Gasteiger partial charge on any atom is 0.406 e. The van der Waals surface area contributed by atoms with Gasteiger partial charge in [-0.1, -0.05) is 0 Å². The highest BCUT2D eigenvalue weighted by molar-refractivity contribution is 5.26. The van der Waals surface area contributed by atoms with Crippen LogP contribution < -0.4 is 17.0 Å². The van der Waals surface area contributed by atoms with Gasteiger partial charge in [-0.2, -0.15) is 13.2 Å². The fourth-order valence-corrected chi connectivity index (χ4v) is 1.41. The average Bonchev–Trinajstić information content (AvgIpc) is 2.23. The lowest BCUT2D eigenvalue weighted by Gasteiger charge is -2.14. The third-order valence-corrected chi connectivity index (χ3v) is 2.19. The second kappa shape index (κ2) is 5.25. The van der Waals surface area contributed by atoms with E-state index in [0.29, 0.717) is 4.57 Å². The average molecular weight is 267 g/mol. The van der Waals surface area contributed by atoms with Gasteiger partial charge < -0.3 is 10.8 Å². The fourth-order valence-electron chi connectivity index (χ4n) is 1.41. The molecule has 3 N–H and O–H groups in total. The van der Waals surface area contributed by atoms with Crippen molar-refractivity contribution < 1.29 is 18.3 Å². The van der Waals surface area contributed by atoms with Gasteiger partial charge in [0.25, 0.3) is 5.56 Å². The number of aromatic nitrogens is 2. The smallest absolute Gasteiger partial charge is 0.396 e. The Morgan fingerprint density at radius 1 is 1.28 bits per heavy atom. The minimum absolute atomic E-state index is 0.0884. The Morgan fingerprint density at radius 2 is 1.89 bits per heavy atom. The van der Waals surface area contributed by atoms with E-state index in [2.05, 4.69) is 0 Å². The minimum atomic E-state index is -4.61. The van der Waals surface area contributed by atoms with Gasteiger partial charge in [-0.05, 0) is 6.42 Å². The molecule has 1 heterocycles. The Morgan fingerprint density at radius 3 is 2.39 bits per heavy atom. The number of hydrogen-bond donors (Lipinski definition) is 2. The molecule has 0 fully saturated rings. The topological polar surface area (TPSA) is 90.2 Å². The number of rotatable bonds is 4. The van der Waals surface area contributed by atoms with Crippen LogP contribution in [-0.2, 0) is 13.1 Å². The number of alkyl halides is 3. The molecule has 0 atom stereocenters.